The van der Waals surface area contributed by atoms with E-state index in [4.69, 9.17) is 0 Å². The molecule has 0 radical (unpaired) electrons. The van der Waals surface area contributed by atoms with E-state index in [1.807, 2.05) is 31.2 Å². The standard InChI is InChI=1S/C24H34N2O2/c1-18-6-5-7-20(16-18)25-22(27)9-8-19-10-14-26(15-11-19)23(28)21-17-24(21)12-3-2-4-13-24/h5-7,16,19,21H,2-4,8-15,17H2,1H3,(H,25,27)/t21-/m1/s1. The Balaban J connectivity index is 1.17. The van der Waals surface area contributed by atoms with Crippen LogP contribution in [0.3, 0.4) is 0 Å². The van der Waals surface area contributed by atoms with E-state index in [1.165, 1.54) is 32.1 Å². The molecule has 1 N–H and O–H groups in total. The highest BCUT2D eigenvalue weighted by Gasteiger charge is 2.58. The molecule has 0 aromatic heterocycles. The zero-order chi connectivity index (χ0) is 19.6. The van der Waals surface area contributed by atoms with Crippen molar-refractivity contribution < 1.29 is 9.59 Å². The van der Waals surface area contributed by atoms with Gasteiger partial charge in [0.2, 0.25) is 11.8 Å². The second-order valence-electron chi connectivity index (χ2n) is 9.40. The predicted molar refractivity (Wildman–Crippen MR) is 112 cm³/mol. The minimum Gasteiger partial charge on any atom is -0.342 e. The number of likely N-dealkylation sites (tertiary alicyclic amines) is 1. The lowest BCUT2D eigenvalue weighted by Gasteiger charge is -2.33. The molecule has 4 nitrogen and oxygen atoms in total. The van der Waals surface area contributed by atoms with Crippen LogP contribution in [0.1, 0.15) is 69.8 Å². The number of carbonyl (C=O) groups is 2. The van der Waals surface area contributed by atoms with E-state index < -0.39 is 0 Å². The molecule has 1 spiro atoms. The maximum absolute atomic E-state index is 12.9. The van der Waals surface area contributed by atoms with Crippen LogP contribution in [0.4, 0.5) is 5.69 Å². The zero-order valence-corrected chi connectivity index (χ0v) is 17.2. The number of piperidine rings is 1. The Bertz CT molecular complexity index is 715. The summed E-state index contributed by atoms with van der Waals surface area (Å²) in [5.41, 5.74) is 2.42. The second-order valence-corrected chi connectivity index (χ2v) is 9.40. The van der Waals surface area contributed by atoms with Gasteiger partial charge in [0.15, 0.2) is 0 Å². The van der Waals surface area contributed by atoms with E-state index in [2.05, 4.69) is 10.2 Å². The van der Waals surface area contributed by atoms with Crippen molar-refractivity contribution in [3.63, 3.8) is 0 Å². The number of rotatable bonds is 5. The summed E-state index contributed by atoms with van der Waals surface area (Å²) in [4.78, 5) is 27.3. The van der Waals surface area contributed by atoms with E-state index >= 15 is 0 Å². The van der Waals surface area contributed by atoms with Crippen LogP contribution < -0.4 is 5.32 Å². The van der Waals surface area contributed by atoms with Crippen LogP contribution in [-0.4, -0.2) is 29.8 Å². The molecule has 1 atom stereocenters. The van der Waals surface area contributed by atoms with E-state index in [9.17, 15) is 9.59 Å². The van der Waals surface area contributed by atoms with Gasteiger partial charge in [0.05, 0.1) is 0 Å². The lowest BCUT2D eigenvalue weighted by atomic mass is 9.84. The van der Waals surface area contributed by atoms with Crippen LogP contribution in [-0.2, 0) is 9.59 Å². The number of aryl methyl sites for hydroxylation is 1. The van der Waals surface area contributed by atoms with Crippen molar-refractivity contribution in [3.05, 3.63) is 29.8 Å². The van der Waals surface area contributed by atoms with E-state index in [0.717, 1.165) is 50.0 Å². The van der Waals surface area contributed by atoms with E-state index in [1.54, 1.807) is 0 Å². The molecule has 28 heavy (non-hydrogen) atoms. The average Bonchev–Trinajstić information content (AvgIpc) is 3.39. The van der Waals surface area contributed by atoms with Crippen LogP contribution in [0.2, 0.25) is 0 Å². The van der Waals surface area contributed by atoms with Crippen molar-refractivity contribution in [2.24, 2.45) is 17.3 Å². The molecule has 2 aliphatic carbocycles. The SMILES string of the molecule is Cc1cccc(NC(=O)CCC2CCN(C(=O)[C@H]3CC34CCCCC4)CC2)c1. The third-order valence-electron chi connectivity index (χ3n) is 7.34. The van der Waals surface area contributed by atoms with Crippen molar-refractivity contribution in [1.82, 2.24) is 4.90 Å². The molecule has 1 aromatic rings. The Kier molecular flexibility index (Phi) is 5.75. The first kappa shape index (κ1) is 19.5. The topological polar surface area (TPSA) is 49.4 Å². The quantitative estimate of drug-likeness (QED) is 0.785. The van der Waals surface area contributed by atoms with Crippen molar-refractivity contribution in [2.45, 2.75) is 71.1 Å². The van der Waals surface area contributed by atoms with Gasteiger partial charge in [0.25, 0.3) is 0 Å². The van der Waals surface area contributed by atoms with Gasteiger partial charge in [0.1, 0.15) is 0 Å². The van der Waals surface area contributed by atoms with Gasteiger partial charge in [0, 0.05) is 31.1 Å². The Morgan fingerprint density at radius 1 is 1.14 bits per heavy atom. The number of hydrogen-bond donors (Lipinski definition) is 1. The highest BCUT2D eigenvalue weighted by molar-refractivity contribution is 5.90. The highest BCUT2D eigenvalue weighted by Crippen LogP contribution is 2.62. The number of benzene rings is 1. The van der Waals surface area contributed by atoms with Crippen LogP contribution >= 0.6 is 0 Å². The van der Waals surface area contributed by atoms with E-state index in [-0.39, 0.29) is 5.91 Å². The minimum atomic E-state index is 0.0985. The normalized spacial score (nSPS) is 24.2. The maximum atomic E-state index is 12.9. The molecule has 1 saturated heterocycles. The molecule has 2 saturated carbocycles. The number of anilines is 1. The summed E-state index contributed by atoms with van der Waals surface area (Å²) in [7, 11) is 0. The lowest BCUT2D eigenvalue weighted by molar-refractivity contribution is -0.135. The molecule has 152 valence electrons. The van der Waals surface area contributed by atoms with E-state index in [0.29, 0.717) is 29.6 Å². The summed E-state index contributed by atoms with van der Waals surface area (Å²) in [5, 5.41) is 3.00. The van der Waals surface area contributed by atoms with Gasteiger partial charge < -0.3 is 10.2 Å². The van der Waals surface area contributed by atoms with Gasteiger partial charge >= 0.3 is 0 Å². The molecule has 1 aromatic carbocycles. The summed E-state index contributed by atoms with van der Waals surface area (Å²) in [6, 6.07) is 7.93. The number of nitrogens with zero attached hydrogens (tertiary/aromatic N) is 1. The zero-order valence-electron chi connectivity index (χ0n) is 17.2. The molecule has 1 heterocycles. The summed E-state index contributed by atoms with van der Waals surface area (Å²) in [6.07, 6.45) is 11.3. The monoisotopic (exact) mass is 382 g/mol. The fourth-order valence-electron chi connectivity index (χ4n) is 5.45. The molecule has 3 fully saturated rings. The lowest BCUT2D eigenvalue weighted by Crippen LogP contribution is -2.40. The van der Waals surface area contributed by atoms with Crippen LogP contribution in [0.15, 0.2) is 24.3 Å². The van der Waals surface area contributed by atoms with Gasteiger partial charge in [-0.3, -0.25) is 9.59 Å². The summed E-state index contributed by atoms with van der Waals surface area (Å²) in [6.45, 7) is 3.80. The van der Waals surface area contributed by atoms with Crippen molar-refractivity contribution in [3.8, 4) is 0 Å². The van der Waals surface area contributed by atoms with Gasteiger partial charge in [-0.1, -0.05) is 31.4 Å². The van der Waals surface area contributed by atoms with Crippen LogP contribution in [0, 0.1) is 24.2 Å². The van der Waals surface area contributed by atoms with Crippen LogP contribution in [0.25, 0.3) is 0 Å². The molecule has 4 heteroatoms. The van der Waals surface area contributed by atoms with Gasteiger partial charge in [-0.05, 0) is 74.5 Å². The third-order valence-corrected chi connectivity index (χ3v) is 7.34. The van der Waals surface area contributed by atoms with Gasteiger partial charge in [-0.2, -0.15) is 0 Å². The molecular weight excluding hydrogens is 348 g/mol. The van der Waals surface area contributed by atoms with Crippen LogP contribution in [0.5, 0.6) is 0 Å². The van der Waals surface area contributed by atoms with Gasteiger partial charge in [-0.15, -0.1) is 0 Å². The van der Waals surface area contributed by atoms with Crippen molar-refractivity contribution in [1.29, 1.82) is 0 Å². The second kappa shape index (κ2) is 8.26. The first-order valence-electron chi connectivity index (χ1n) is 11.2. The number of carbonyl (C=O) groups excluding carboxylic acids is 2. The Morgan fingerprint density at radius 2 is 1.89 bits per heavy atom. The Hall–Kier alpha value is -1.84. The maximum Gasteiger partial charge on any atom is 0.226 e. The molecule has 2 amide bonds. The Morgan fingerprint density at radius 3 is 2.61 bits per heavy atom. The van der Waals surface area contributed by atoms with Gasteiger partial charge in [-0.25, -0.2) is 0 Å². The molecule has 1 aliphatic heterocycles. The molecule has 3 aliphatic rings. The highest BCUT2D eigenvalue weighted by atomic mass is 16.2. The first-order chi connectivity index (χ1) is 13.6. The molecule has 0 unspecified atom stereocenters. The fourth-order valence-corrected chi connectivity index (χ4v) is 5.45. The minimum absolute atomic E-state index is 0.0985. The smallest absolute Gasteiger partial charge is 0.226 e. The molecule has 0 bridgehead atoms. The summed E-state index contributed by atoms with van der Waals surface area (Å²) in [5.74, 6) is 1.42. The number of amides is 2. The Labute approximate surface area is 169 Å². The fraction of sp³-hybridized carbons (Fsp3) is 0.667. The third kappa shape index (κ3) is 4.42. The van der Waals surface area contributed by atoms with Crippen molar-refractivity contribution in [2.75, 3.05) is 18.4 Å². The predicted octanol–water partition coefficient (Wildman–Crippen LogP) is 4.92. The molecule has 4 rings (SSSR count). The summed E-state index contributed by atoms with van der Waals surface area (Å²) < 4.78 is 0. The average molecular weight is 383 g/mol. The number of nitrogens with one attached hydrogen (secondary N) is 1. The molecular formula is C24H34N2O2. The van der Waals surface area contributed by atoms with Crippen molar-refractivity contribution >= 4 is 17.5 Å². The first-order valence-corrected chi connectivity index (χ1v) is 11.2. The summed E-state index contributed by atoms with van der Waals surface area (Å²) >= 11 is 0. The largest absolute Gasteiger partial charge is 0.342 e. The number of hydrogen-bond acceptors (Lipinski definition) is 2.